The molecule has 6 heteroatoms. The molecule has 0 saturated heterocycles. The molecule has 0 radical (unpaired) electrons. The van der Waals surface area contributed by atoms with Crippen LogP contribution in [-0.2, 0) is 11.3 Å². The van der Waals surface area contributed by atoms with E-state index in [1.54, 1.807) is 12.3 Å². The molecule has 0 bridgehead atoms. The van der Waals surface area contributed by atoms with E-state index in [9.17, 15) is 4.79 Å². The molecule has 0 atom stereocenters. The zero-order chi connectivity index (χ0) is 13.7. The molecule has 2 aromatic rings. The summed E-state index contributed by atoms with van der Waals surface area (Å²) in [6, 6.07) is 9.41. The first-order valence-electron chi connectivity index (χ1n) is 5.56. The molecular formula is C13H12N2O3S. The van der Waals surface area contributed by atoms with Gasteiger partial charge >= 0.3 is 5.97 Å². The summed E-state index contributed by atoms with van der Waals surface area (Å²) in [7, 11) is 0. The van der Waals surface area contributed by atoms with E-state index in [1.807, 2.05) is 30.3 Å². The van der Waals surface area contributed by atoms with Crippen LogP contribution in [0.25, 0.3) is 0 Å². The molecule has 1 heterocycles. The lowest BCUT2D eigenvalue weighted by molar-refractivity contribution is 0.0466. The predicted molar refractivity (Wildman–Crippen MR) is 71.7 cm³/mol. The lowest BCUT2D eigenvalue weighted by atomic mass is 10.2. The maximum absolute atomic E-state index is 11.8. The lowest BCUT2D eigenvalue weighted by Crippen LogP contribution is -2.06. The van der Waals surface area contributed by atoms with Crippen LogP contribution in [0.1, 0.15) is 28.0 Å². The maximum atomic E-state index is 11.8. The van der Waals surface area contributed by atoms with E-state index in [0.29, 0.717) is 10.7 Å². The minimum Gasteiger partial charge on any atom is -0.456 e. The average molecular weight is 276 g/mol. The quantitative estimate of drug-likeness (QED) is 0.403. The van der Waals surface area contributed by atoms with E-state index >= 15 is 0 Å². The number of carbonyl (C=O) groups excluding carboxylic acids is 1. The standard InChI is InChI=1S/C13H12N2O3S/c1-9(15-17)12-14-11(8-19-12)13(16)18-7-10-5-3-2-4-6-10/h2-6,8,17H,7H2,1H3/b15-9-. The highest BCUT2D eigenvalue weighted by atomic mass is 32.1. The Morgan fingerprint density at radius 2 is 2.16 bits per heavy atom. The third-order valence-corrected chi connectivity index (χ3v) is 3.34. The van der Waals surface area contributed by atoms with Gasteiger partial charge in [-0.05, 0) is 12.5 Å². The van der Waals surface area contributed by atoms with Crippen molar-refractivity contribution in [3.8, 4) is 0 Å². The van der Waals surface area contributed by atoms with Crippen LogP contribution in [0.3, 0.4) is 0 Å². The van der Waals surface area contributed by atoms with E-state index in [-0.39, 0.29) is 12.3 Å². The van der Waals surface area contributed by atoms with Crippen LogP contribution in [0.15, 0.2) is 40.9 Å². The summed E-state index contributed by atoms with van der Waals surface area (Å²) in [5.41, 5.74) is 1.51. The van der Waals surface area contributed by atoms with E-state index in [0.717, 1.165) is 5.56 Å². The van der Waals surface area contributed by atoms with Gasteiger partial charge in [-0.3, -0.25) is 0 Å². The van der Waals surface area contributed by atoms with Gasteiger partial charge in [0.1, 0.15) is 17.3 Å². The van der Waals surface area contributed by atoms with Gasteiger partial charge in [0.05, 0.1) is 0 Å². The average Bonchev–Trinajstić information content (AvgIpc) is 2.95. The van der Waals surface area contributed by atoms with Crippen LogP contribution in [0, 0.1) is 0 Å². The molecule has 5 nitrogen and oxygen atoms in total. The Bertz CT molecular complexity index is 593. The highest BCUT2D eigenvalue weighted by molar-refractivity contribution is 7.12. The second-order valence-corrected chi connectivity index (χ2v) is 4.64. The molecule has 1 N–H and O–H groups in total. The molecule has 1 aromatic carbocycles. The molecule has 0 aliphatic rings. The van der Waals surface area contributed by atoms with Gasteiger partial charge in [0, 0.05) is 5.38 Å². The molecule has 0 aliphatic carbocycles. The minimum atomic E-state index is -0.489. The minimum absolute atomic E-state index is 0.208. The summed E-state index contributed by atoms with van der Waals surface area (Å²) < 4.78 is 5.14. The van der Waals surface area contributed by atoms with Crippen molar-refractivity contribution >= 4 is 23.0 Å². The van der Waals surface area contributed by atoms with Crippen molar-refractivity contribution < 1.29 is 14.7 Å². The number of hydrogen-bond acceptors (Lipinski definition) is 6. The van der Waals surface area contributed by atoms with E-state index in [4.69, 9.17) is 9.94 Å². The molecule has 2 rings (SSSR count). The Kier molecular flexibility index (Phi) is 4.25. The van der Waals surface area contributed by atoms with Crippen LogP contribution in [0.5, 0.6) is 0 Å². The van der Waals surface area contributed by atoms with Crippen molar-refractivity contribution in [3.63, 3.8) is 0 Å². The summed E-state index contributed by atoms with van der Waals surface area (Å²) in [5, 5.41) is 13.7. The molecule has 1 aromatic heterocycles. The fraction of sp³-hybridized carbons (Fsp3) is 0.154. The largest absolute Gasteiger partial charge is 0.456 e. The topological polar surface area (TPSA) is 71.8 Å². The molecule has 0 amide bonds. The second kappa shape index (κ2) is 6.10. The Labute approximate surface area is 114 Å². The first-order valence-corrected chi connectivity index (χ1v) is 6.44. The number of nitrogens with zero attached hydrogens (tertiary/aromatic N) is 2. The van der Waals surface area contributed by atoms with Gasteiger partial charge in [0.15, 0.2) is 5.69 Å². The number of thiazole rings is 1. The van der Waals surface area contributed by atoms with Crippen molar-refractivity contribution in [2.75, 3.05) is 0 Å². The zero-order valence-corrected chi connectivity index (χ0v) is 11.1. The fourth-order valence-corrected chi connectivity index (χ4v) is 2.11. The normalized spacial score (nSPS) is 11.3. The number of esters is 1. The third-order valence-electron chi connectivity index (χ3n) is 2.39. The molecule has 19 heavy (non-hydrogen) atoms. The van der Waals surface area contributed by atoms with E-state index < -0.39 is 5.97 Å². The third kappa shape index (κ3) is 3.38. The van der Waals surface area contributed by atoms with Crippen LogP contribution >= 0.6 is 11.3 Å². The summed E-state index contributed by atoms with van der Waals surface area (Å²) in [6.07, 6.45) is 0. The lowest BCUT2D eigenvalue weighted by Gasteiger charge is -2.02. The summed E-state index contributed by atoms with van der Waals surface area (Å²) in [6.45, 7) is 1.82. The summed E-state index contributed by atoms with van der Waals surface area (Å²) in [4.78, 5) is 15.8. The number of carbonyl (C=O) groups is 1. The van der Waals surface area contributed by atoms with Crippen molar-refractivity contribution in [3.05, 3.63) is 52.0 Å². The second-order valence-electron chi connectivity index (χ2n) is 3.79. The number of oxime groups is 1. The van der Waals surface area contributed by atoms with Crippen LogP contribution < -0.4 is 0 Å². The van der Waals surface area contributed by atoms with Gasteiger partial charge in [0.2, 0.25) is 0 Å². The number of benzene rings is 1. The van der Waals surface area contributed by atoms with Crippen molar-refractivity contribution in [1.29, 1.82) is 0 Å². The van der Waals surface area contributed by atoms with Gasteiger partial charge in [0.25, 0.3) is 0 Å². The Morgan fingerprint density at radius 1 is 1.42 bits per heavy atom. The first-order chi connectivity index (χ1) is 9.20. The van der Waals surface area contributed by atoms with E-state index in [2.05, 4.69) is 10.1 Å². The Hall–Kier alpha value is -2.21. The molecule has 0 fully saturated rings. The fourth-order valence-electron chi connectivity index (χ4n) is 1.37. The van der Waals surface area contributed by atoms with Gasteiger partial charge in [-0.2, -0.15) is 0 Å². The molecule has 0 spiro atoms. The van der Waals surface area contributed by atoms with Crippen LogP contribution in [0.4, 0.5) is 0 Å². The Morgan fingerprint density at radius 3 is 2.84 bits per heavy atom. The zero-order valence-electron chi connectivity index (χ0n) is 10.2. The molecule has 0 saturated carbocycles. The molecular weight excluding hydrogens is 264 g/mol. The first kappa shape index (κ1) is 13.2. The van der Waals surface area contributed by atoms with Gasteiger partial charge in [-0.15, -0.1) is 11.3 Å². The smallest absolute Gasteiger partial charge is 0.358 e. The van der Waals surface area contributed by atoms with Crippen molar-refractivity contribution in [2.45, 2.75) is 13.5 Å². The summed E-state index contributed by atoms with van der Waals surface area (Å²) >= 11 is 1.23. The molecule has 98 valence electrons. The van der Waals surface area contributed by atoms with E-state index in [1.165, 1.54) is 11.3 Å². The van der Waals surface area contributed by atoms with Gasteiger partial charge in [-0.1, -0.05) is 35.5 Å². The maximum Gasteiger partial charge on any atom is 0.358 e. The number of aromatic nitrogens is 1. The van der Waals surface area contributed by atoms with Gasteiger partial charge in [-0.25, -0.2) is 9.78 Å². The molecule has 0 unspecified atom stereocenters. The van der Waals surface area contributed by atoms with Gasteiger partial charge < -0.3 is 9.94 Å². The number of hydrogen-bond donors (Lipinski definition) is 1. The summed E-state index contributed by atoms with van der Waals surface area (Å²) in [5.74, 6) is -0.489. The molecule has 0 aliphatic heterocycles. The highest BCUT2D eigenvalue weighted by Gasteiger charge is 2.13. The van der Waals surface area contributed by atoms with Crippen molar-refractivity contribution in [2.24, 2.45) is 5.16 Å². The predicted octanol–water partition coefficient (Wildman–Crippen LogP) is 2.70. The number of ether oxygens (including phenoxy) is 1. The number of rotatable bonds is 4. The van der Waals surface area contributed by atoms with Crippen molar-refractivity contribution in [1.82, 2.24) is 4.98 Å². The van der Waals surface area contributed by atoms with Crippen LogP contribution in [0.2, 0.25) is 0 Å². The Balaban J connectivity index is 1.99. The monoisotopic (exact) mass is 276 g/mol. The SMILES string of the molecule is C/C(=N/O)c1nc(C(=O)OCc2ccccc2)cs1. The highest BCUT2D eigenvalue weighted by Crippen LogP contribution is 2.12. The van der Waals surface area contributed by atoms with Crippen LogP contribution in [-0.4, -0.2) is 21.9 Å².